The van der Waals surface area contributed by atoms with E-state index in [0.717, 1.165) is 15.7 Å². The fraction of sp³-hybridized carbons (Fsp3) is 0.333. The highest BCUT2D eigenvalue weighted by atomic mass is 127. The zero-order valence-corrected chi connectivity index (χ0v) is 11.1. The summed E-state index contributed by atoms with van der Waals surface area (Å²) in [6.45, 7) is 0. The summed E-state index contributed by atoms with van der Waals surface area (Å²) in [5.74, 6) is -4.93. The Hall–Kier alpha value is -0.150. The average molecular weight is 388 g/mol. The van der Waals surface area contributed by atoms with Crippen molar-refractivity contribution >= 4 is 35.0 Å². The summed E-state index contributed by atoms with van der Waals surface area (Å²) in [5.41, 5.74) is 4.69. The molecule has 0 aliphatic heterocycles. The van der Waals surface area contributed by atoms with E-state index in [1.54, 1.807) is 0 Å². The summed E-state index contributed by atoms with van der Waals surface area (Å²) >= 11 is 1.91. The average Bonchev–Trinajstić information content (AvgIpc) is 2.16. The van der Waals surface area contributed by atoms with Crippen molar-refractivity contribution in [3.05, 3.63) is 33.4 Å². The normalized spacial score (nSPS) is 14.1. The summed E-state index contributed by atoms with van der Waals surface area (Å²) in [6, 6.07) is 2.77. The molecule has 0 saturated carbocycles. The predicted octanol–water partition coefficient (Wildman–Crippen LogP) is 3.91. The molecule has 0 radical (unpaired) electrons. The first-order valence-corrected chi connectivity index (χ1v) is 5.19. The molecule has 0 heterocycles. The number of benzene rings is 1. The van der Waals surface area contributed by atoms with Crippen molar-refractivity contribution in [2.24, 2.45) is 5.73 Å². The lowest BCUT2D eigenvalue weighted by atomic mass is 10.0. The first-order valence-electron chi connectivity index (χ1n) is 4.12. The van der Waals surface area contributed by atoms with Gasteiger partial charge in [0.05, 0.1) is 0 Å². The number of rotatable bonds is 2. The molecule has 0 spiro atoms. The fourth-order valence-electron chi connectivity index (χ4n) is 1.06. The van der Waals surface area contributed by atoms with E-state index in [1.807, 2.05) is 22.6 Å². The summed E-state index contributed by atoms with van der Waals surface area (Å²) in [4.78, 5) is 0. The van der Waals surface area contributed by atoms with Crippen molar-refractivity contribution in [1.82, 2.24) is 0 Å². The standard InChI is InChI=1S/C9H7F5IN.ClH/c10-8(11,9(12,13)14)7(16)5-1-3-6(15)4-2-5;/h1-4,7H,16H2;1H/t7-;/m1./s1. The molecule has 0 aromatic heterocycles. The van der Waals surface area contributed by atoms with Crippen LogP contribution in [-0.4, -0.2) is 12.1 Å². The first-order chi connectivity index (χ1) is 7.16. The molecular formula is C9H8ClF5IN. The van der Waals surface area contributed by atoms with Crippen LogP contribution in [0.5, 0.6) is 0 Å². The Kier molecular flexibility index (Phi) is 5.61. The van der Waals surface area contributed by atoms with Gasteiger partial charge in [0.1, 0.15) is 6.04 Å². The van der Waals surface area contributed by atoms with Gasteiger partial charge >= 0.3 is 12.1 Å². The second-order valence-corrected chi connectivity index (χ2v) is 4.40. The molecule has 0 aliphatic rings. The van der Waals surface area contributed by atoms with Gasteiger partial charge in [0, 0.05) is 3.57 Å². The van der Waals surface area contributed by atoms with Crippen molar-refractivity contribution < 1.29 is 22.0 Å². The molecular weight excluding hydrogens is 379 g/mol. The van der Waals surface area contributed by atoms with Gasteiger partial charge in [-0.3, -0.25) is 0 Å². The second-order valence-electron chi connectivity index (χ2n) is 3.15. The summed E-state index contributed by atoms with van der Waals surface area (Å²) in [7, 11) is 0. The molecule has 1 nitrogen and oxygen atoms in total. The largest absolute Gasteiger partial charge is 0.455 e. The minimum Gasteiger partial charge on any atom is -0.319 e. The minimum atomic E-state index is -5.64. The van der Waals surface area contributed by atoms with Gasteiger partial charge in [-0.25, -0.2) is 0 Å². The Balaban J connectivity index is 0.00000256. The monoisotopic (exact) mass is 387 g/mol. The van der Waals surface area contributed by atoms with E-state index in [9.17, 15) is 22.0 Å². The Morgan fingerprint density at radius 1 is 1.00 bits per heavy atom. The van der Waals surface area contributed by atoms with Crippen molar-refractivity contribution in [2.75, 3.05) is 0 Å². The lowest BCUT2D eigenvalue weighted by molar-refractivity contribution is -0.291. The van der Waals surface area contributed by atoms with E-state index in [-0.39, 0.29) is 18.0 Å². The van der Waals surface area contributed by atoms with E-state index in [4.69, 9.17) is 5.73 Å². The molecule has 0 aliphatic carbocycles. The topological polar surface area (TPSA) is 26.0 Å². The van der Waals surface area contributed by atoms with Crippen LogP contribution in [0.4, 0.5) is 22.0 Å². The quantitative estimate of drug-likeness (QED) is 0.604. The maximum Gasteiger partial charge on any atom is 0.455 e. The van der Waals surface area contributed by atoms with Gasteiger partial charge < -0.3 is 5.73 Å². The lowest BCUT2D eigenvalue weighted by Crippen LogP contribution is -2.45. The van der Waals surface area contributed by atoms with Crippen molar-refractivity contribution in [3.63, 3.8) is 0 Å². The summed E-state index contributed by atoms with van der Waals surface area (Å²) < 4.78 is 62.5. The highest BCUT2D eigenvalue weighted by Gasteiger charge is 2.61. The van der Waals surface area contributed by atoms with Gasteiger partial charge in [-0.15, -0.1) is 12.4 Å². The number of halogens is 7. The Morgan fingerprint density at radius 3 is 1.76 bits per heavy atom. The van der Waals surface area contributed by atoms with Crippen LogP contribution in [0.25, 0.3) is 0 Å². The van der Waals surface area contributed by atoms with Crippen LogP contribution in [0.15, 0.2) is 24.3 Å². The van der Waals surface area contributed by atoms with Crippen LogP contribution in [-0.2, 0) is 0 Å². The highest BCUT2D eigenvalue weighted by molar-refractivity contribution is 14.1. The first kappa shape index (κ1) is 16.9. The van der Waals surface area contributed by atoms with E-state index in [2.05, 4.69) is 0 Å². The fourth-order valence-corrected chi connectivity index (χ4v) is 1.42. The van der Waals surface area contributed by atoms with Crippen molar-refractivity contribution in [1.29, 1.82) is 0 Å². The number of hydrogen-bond donors (Lipinski definition) is 1. The molecule has 0 saturated heterocycles. The third-order valence-corrected chi connectivity index (χ3v) is 2.72. The van der Waals surface area contributed by atoms with E-state index in [1.165, 1.54) is 12.1 Å². The molecule has 0 unspecified atom stereocenters. The third-order valence-electron chi connectivity index (χ3n) is 2.00. The molecule has 0 bridgehead atoms. The van der Waals surface area contributed by atoms with Gasteiger partial charge in [0.15, 0.2) is 0 Å². The maximum atomic E-state index is 12.9. The summed E-state index contributed by atoms with van der Waals surface area (Å²) in [5, 5.41) is 0. The molecule has 1 atom stereocenters. The molecule has 0 amide bonds. The Labute approximate surface area is 114 Å². The van der Waals surface area contributed by atoms with Crippen LogP contribution in [0.2, 0.25) is 0 Å². The van der Waals surface area contributed by atoms with Crippen LogP contribution in [0.3, 0.4) is 0 Å². The van der Waals surface area contributed by atoms with Crippen LogP contribution < -0.4 is 5.73 Å². The zero-order chi connectivity index (χ0) is 12.6. The van der Waals surface area contributed by atoms with E-state index >= 15 is 0 Å². The van der Waals surface area contributed by atoms with Gasteiger partial charge in [0.2, 0.25) is 0 Å². The lowest BCUT2D eigenvalue weighted by Gasteiger charge is -2.25. The van der Waals surface area contributed by atoms with Gasteiger partial charge in [-0.1, -0.05) is 12.1 Å². The SMILES string of the molecule is Cl.N[C@H](c1ccc(I)cc1)C(F)(F)C(F)(F)F. The van der Waals surface area contributed by atoms with Crippen LogP contribution >= 0.6 is 35.0 Å². The van der Waals surface area contributed by atoms with E-state index in [0.29, 0.717) is 0 Å². The zero-order valence-electron chi connectivity index (χ0n) is 8.14. The molecule has 1 aromatic carbocycles. The van der Waals surface area contributed by atoms with Gasteiger partial charge in [-0.2, -0.15) is 22.0 Å². The molecule has 8 heteroatoms. The Bertz CT molecular complexity index is 365. The van der Waals surface area contributed by atoms with E-state index < -0.39 is 18.1 Å². The summed E-state index contributed by atoms with van der Waals surface area (Å²) in [6.07, 6.45) is -5.64. The Morgan fingerprint density at radius 2 is 1.41 bits per heavy atom. The van der Waals surface area contributed by atoms with Crippen LogP contribution in [0.1, 0.15) is 11.6 Å². The van der Waals surface area contributed by atoms with Gasteiger partial charge in [0.25, 0.3) is 0 Å². The molecule has 1 aromatic rings. The molecule has 2 N–H and O–H groups in total. The molecule has 1 rings (SSSR count). The smallest absolute Gasteiger partial charge is 0.319 e. The third kappa shape index (κ3) is 3.65. The highest BCUT2D eigenvalue weighted by Crippen LogP contribution is 2.43. The van der Waals surface area contributed by atoms with Crippen molar-refractivity contribution in [3.8, 4) is 0 Å². The molecule has 17 heavy (non-hydrogen) atoms. The molecule has 0 fully saturated rings. The van der Waals surface area contributed by atoms with Gasteiger partial charge in [-0.05, 0) is 40.3 Å². The second kappa shape index (κ2) is 5.66. The van der Waals surface area contributed by atoms with Crippen LogP contribution in [0, 0.1) is 3.57 Å². The predicted molar refractivity (Wildman–Crippen MR) is 64.3 cm³/mol. The maximum absolute atomic E-state index is 12.9. The number of hydrogen-bond acceptors (Lipinski definition) is 1. The van der Waals surface area contributed by atoms with Crippen molar-refractivity contribution in [2.45, 2.75) is 18.1 Å². The number of alkyl halides is 5. The minimum absolute atomic E-state index is 0. The number of nitrogens with two attached hydrogens (primary N) is 1. The molecule has 98 valence electrons.